The van der Waals surface area contributed by atoms with Gasteiger partial charge < -0.3 is 15.2 Å². The number of rotatable bonds is 3. The van der Waals surface area contributed by atoms with E-state index in [4.69, 9.17) is 5.73 Å². The molecule has 2 N–H and O–H groups in total. The molecule has 1 atom stereocenters. The van der Waals surface area contributed by atoms with E-state index in [1.807, 2.05) is 0 Å². The third-order valence-corrected chi connectivity index (χ3v) is 4.73. The summed E-state index contributed by atoms with van der Waals surface area (Å²) in [6.07, 6.45) is 13.8. The zero-order valence-corrected chi connectivity index (χ0v) is 12.0. The van der Waals surface area contributed by atoms with Gasteiger partial charge in [0.15, 0.2) is 0 Å². The quantitative estimate of drug-likeness (QED) is 0.849. The Morgan fingerprint density at radius 3 is 2.68 bits per heavy atom. The molecule has 0 aromatic carbocycles. The number of aryl methyl sites for hydroxylation is 1. The fourth-order valence-electron chi connectivity index (χ4n) is 3.52. The van der Waals surface area contributed by atoms with Gasteiger partial charge in [-0.3, -0.25) is 0 Å². The van der Waals surface area contributed by atoms with Crippen LogP contribution in [0.25, 0.3) is 0 Å². The Bertz CT molecular complexity index is 404. The van der Waals surface area contributed by atoms with Crippen molar-refractivity contribution in [2.24, 2.45) is 5.73 Å². The van der Waals surface area contributed by atoms with Crippen molar-refractivity contribution < 1.29 is 0 Å². The molecule has 1 fully saturated rings. The van der Waals surface area contributed by atoms with Gasteiger partial charge in [0.1, 0.15) is 0 Å². The summed E-state index contributed by atoms with van der Waals surface area (Å²) in [4.78, 5) is 2.61. The van der Waals surface area contributed by atoms with Crippen LogP contribution in [0.1, 0.15) is 55.7 Å². The second-order valence-electron chi connectivity index (χ2n) is 6.23. The zero-order valence-electron chi connectivity index (χ0n) is 12.0. The maximum absolute atomic E-state index is 6.27. The van der Waals surface area contributed by atoms with Crippen molar-refractivity contribution in [3.05, 3.63) is 23.5 Å². The van der Waals surface area contributed by atoms with Crippen molar-refractivity contribution in [3.63, 3.8) is 0 Å². The van der Waals surface area contributed by atoms with Crippen LogP contribution < -0.4 is 5.73 Å². The minimum Gasteiger partial charge on any atom is -0.352 e. The van der Waals surface area contributed by atoms with E-state index in [-0.39, 0.29) is 6.04 Å². The van der Waals surface area contributed by atoms with Gasteiger partial charge in [0.05, 0.1) is 0 Å². The van der Waals surface area contributed by atoms with Crippen molar-refractivity contribution in [3.8, 4) is 0 Å². The van der Waals surface area contributed by atoms with E-state index >= 15 is 0 Å². The summed E-state index contributed by atoms with van der Waals surface area (Å²) in [5.74, 6) is 0. The van der Waals surface area contributed by atoms with Crippen LogP contribution in [-0.2, 0) is 13.0 Å². The Hall–Kier alpha value is -0.800. The number of nitrogens with zero attached hydrogens (tertiary/aromatic N) is 2. The molecule has 1 aromatic rings. The van der Waals surface area contributed by atoms with Gasteiger partial charge in [-0.05, 0) is 56.3 Å². The Labute approximate surface area is 116 Å². The van der Waals surface area contributed by atoms with E-state index in [1.165, 1.54) is 69.3 Å². The van der Waals surface area contributed by atoms with Crippen LogP contribution in [0.5, 0.6) is 0 Å². The summed E-state index contributed by atoms with van der Waals surface area (Å²) in [5, 5.41) is 0. The highest BCUT2D eigenvalue weighted by molar-refractivity contribution is 5.28. The molecule has 19 heavy (non-hydrogen) atoms. The van der Waals surface area contributed by atoms with Crippen LogP contribution in [0.15, 0.2) is 12.4 Å². The molecule has 2 heterocycles. The monoisotopic (exact) mass is 261 g/mol. The molecule has 0 amide bonds. The van der Waals surface area contributed by atoms with Crippen molar-refractivity contribution in [2.45, 2.75) is 57.5 Å². The van der Waals surface area contributed by atoms with Gasteiger partial charge >= 0.3 is 0 Å². The lowest BCUT2D eigenvalue weighted by atomic mass is 10.1. The van der Waals surface area contributed by atoms with Crippen LogP contribution >= 0.6 is 0 Å². The van der Waals surface area contributed by atoms with Gasteiger partial charge in [0, 0.05) is 31.5 Å². The average Bonchev–Trinajstić information content (AvgIpc) is 2.78. The predicted octanol–water partition coefficient (Wildman–Crippen LogP) is 2.70. The smallest absolute Gasteiger partial charge is 0.0347 e. The van der Waals surface area contributed by atoms with Gasteiger partial charge in [0.2, 0.25) is 0 Å². The van der Waals surface area contributed by atoms with Crippen molar-refractivity contribution in [1.29, 1.82) is 0 Å². The van der Waals surface area contributed by atoms with Crippen LogP contribution in [0.4, 0.5) is 0 Å². The first-order chi connectivity index (χ1) is 9.33. The van der Waals surface area contributed by atoms with Crippen LogP contribution in [0, 0.1) is 0 Å². The predicted molar refractivity (Wildman–Crippen MR) is 79.2 cm³/mol. The molecule has 0 radical (unpaired) electrons. The van der Waals surface area contributed by atoms with E-state index in [1.54, 1.807) is 0 Å². The summed E-state index contributed by atoms with van der Waals surface area (Å²) in [5.41, 5.74) is 9.19. The first-order valence-electron chi connectivity index (χ1n) is 7.99. The minimum absolute atomic E-state index is 0.272. The van der Waals surface area contributed by atoms with Crippen LogP contribution in [0.2, 0.25) is 0 Å². The third kappa shape index (κ3) is 3.21. The fourth-order valence-corrected chi connectivity index (χ4v) is 3.52. The van der Waals surface area contributed by atoms with E-state index in [0.717, 1.165) is 13.0 Å². The lowest BCUT2D eigenvalue weighted by molar-refractivity contribution is 0.221. The molecule has 0 bridgehead atoms. The summed E-state index contributed by atoms with van der Waals surface area (Å²) in [6, 6.07) is 0.272. The first kappa shape index (κ1) is 13.2. The number of hydrogen-bond donors (Lipinski definition) is 1. The number of nitrogens with two attached hydrogens (primary N) is 1. The van der Waals surface area contributed by atoms with E-state index in [2.05, 4.69) is 21.9 Å². The molecule has 106 valence electrons. The lowest BCUT2D eigenvalue weighted by Crippen LogP contribution is -2.32. The highest BCUT2D eigenvalue weighted by Crippen LogP contribution is 2.27. The summed E-state index contributed by atoms with van der Waals surface area (Å²) in [6.45, 7) is 4.91. The number of likely N-dealkylation sites (tertiary alicyclic amines) is 1. The number of hydrogen-bond acceptors (Lipinski definition) is 2. The molecule has 3 heteroatoms. The maximum Gasteiger partial charge on any atom is 0.0347 e. The van der Waals surface area contributed by atoms with E-state index in [9.17, 15) is 0 Å². The summed E-state index contributed by atoms with van der Waals surface area (Å²) < 4.78 is 2.38. The topological polar surface area (TPSA) is 34.2 Å². The van der Waals surface area contributed by atoms with Gasteiger partial charge in [-0.25, -0.2) is 0 Å². The van der Waals surface area contributed by atoms with Crippen molar-refractivity contribution in [1.82, 2.24) is 9.47 Å². The molecule has 0 spiro atoms. The van der Waals surface area contributed by atoms with Gasteiger partial charge in [-0.1, -0.05) is 12.8 Å². The Morgan fingerprint density at radius 2 is 1.84 bits per heavy atom. The lowest BCUT2D eigenvalue weighted by Gasteiger charge is -2.26. The van der Waals surface area contributed by atoms with Crippen LogP contribution in [-0.4, -0.2) is 29.1 Å². The summed E-state index contributed by atoms with van der Waals surface area (Å²) in [7, 11) is 0. The fraction of sp³-hybridized carbons (Fsp3) is 0.750. The van der Waals surface area contributed by atoms with Crippen LogP contribution in [0.3, 0.4) is 0 Å². The molecule has 1 unspecified atom stereocenters. The number of fused-ring (bicyclic) bond motifs is 1. The molecular formula is C16H27N3. The SMILES string of the molecule is NC1CCCCc2cn(CCN3CCCCC3)cc21. The minimum atomic E-state index is 0.272. The largest absolute Gasteiger partial charge is 0.352 e. The molecule has 1 aliphatic carbocycles. The van der Waals surface area contributed by atoms with Gasteiger partial charge in [0.25, 0.3) is 0 Å². The standard InChI is InChI=1S/C16H27N3/c17-16-7-3-2-6-14-12-19(13-15(14)16)11-10-18-8-4-1-5-9-18/h12-13,16H,1-11,17H2. The van der Waals surface area contributed by atoms with E-state index in [0.29, 0.717) is 0 Å². The Morgan fingerprint density at radius 1 is 1.00 bits per heavy atom. The molecule has 3 nitrogen and oxygen atoms in total. The van der Waals surface area contributed by atoms with Crippen molar-refractivity contribution in [2.75, 3.05) is 19.6 Å². The second kappa shape index (κ2) is 6.10. The summed E-state index contributed by atoms with van der Waals surface area (Å²) >= 11 is 0. The molecular weight excluding hydrogens is 234 g/mol. The highest BCUT2D eigenvalue weighted by atomic mass is 15.1. The van der Waals surface area contributed by atoms with Crippen molar-refractivity contribution >= 4 is 0 Å². The van der Waals surface area contributed by atoms with Gasteiger partial charge in [-0.2, -0.15) is 0 Å². The Kier molecular flexibility index (Phi) is 4.24. The third-order valence-electron chi connectivity index (χ3n) is 4.73. The molecule has 3 rings (SSSR count). The van der Waals surface area contributed by atoms with E-state index < -0.39 is 0 Å². The second-order valence-corrected chi connectivity index (χ2v) is 6.23. The average molecular weight is 261 g/mol. The highest BCUT2D eigenvalue weighted by Gasteiger charge is 2.17. The Balaban J connectivity index is 1.60. The maximum atomic E-state index is 6.27. The van der Waals surface area contributed by atoms with Gasteiger partial charge in [-0.15, -0.1) is 0 Å². The molecule has 2 aliphatic rings. The normalized spacial score (nSPS) is 25.0. The number of aromatic nitrogens is 1. The first-order valence-corrected chi connectivity index (χ1v) is 7.99. The molecule has 1 aliphatic heterocycles. The molecule has 1 saturated heterocycles. The molecule has 0 saturated carbocycles. The zero-order chi connectivity index (χ0) is 13.1. The number of piperidine rings is 1. The molecule has 1 aromatic heterocycles.